The zero-order valence-corrected chi connectivity index (χ0v) is 19.3. The Kier molecular flexibility index (Phi) is 6.42. The number of esters is 1. The van der Waals surface area contributed by atoms with Gasteiger partial charge in [0.2, 0.25) is 0 Å². The minimum atomic E-state index is -5.75. The second-order valence-electron chi connectivity index (χ2n) is 7.97. The van der Waals surface area contributed by atoms with Gasteiger partial charge in [0.15, 0.2) is 0 Å². The van der Waals surface area contributed by atoms with E-state index in [2.05, 4.69) is 0 Å². The van der Waals surface area contributed by atoms with Crippen molar-refractivity contribution in [1.82, 2.24) is 0 Å². The molecule has 1 heterocycles. The summed E-state index contributed by atoms with van der Waals surface area (Å²) in [4.78, 5) is 12.3. The van der Waals surface area contributed by atoms with Gasteiger partial charge in [-0.1, -0.05) is 0 Å². The van der Waals surface area contributed by atoms with E-state index >= 15 is 0 Å². The molecule has 2 aromatic rings. The van der Waals surface area contributed by atoms with Gasteiger partial charge in [-0.15, -0.1) is 0 Å². The Morgan fingerprint density at radius 1 is 0.906 bits per heavy atom. The second kappa shape index (κ2) is 8.36. The van der Waals surface area contributed by atoms with Crippen LogP contribution in [0.5, 0.6) is 0 Å². The quantitative estimate of drug-likeness (QED) is 0.169. The zero-order valence-electron chi connectivity index (χ0n) is 17.1. The normalized spacial score (nSPS) is 17.8. The van der Waals surface area contributed by atoms with Crippen LogP contribution in [0.15, 0.2) is 60.9 Å². The third-order valence-electron chi connectivity index (χ3n) is 4.55. The molecule has 32 heavy (non-hydrogen) atoms. The number of hydrogen-bond donors (Lipinski definition) is 0. The molecule has 0 saturated heterocycles. The van der Waals surface area contributed by atoms with Gasteiger partial charge in [0.05, 0.1) is 0 Å². The third-order valence-corrected chi connectivity index (χ3v) is 9.58. The van der Waals surface area contributed by atoms with Crippen LogP contribution in [-0.4, -0.2) is 18.3 Å². The molecular formula is C22H19F6IO3. The molecule has 3 nitrogen and oxygen atoms in total. The van der Waals surface area contributed by atoms with E-state index in [9.17, 15) is 31.1 Å². The topological polar surface area (TPSA) is 35.5 Å². The van der Waals surface area contributed by atoms with Gasteiger partial charge in [0.25, 0.3) is 0 Å². The van der Waals surface area contributed by atoms with Crippen molar-refractivity contribution < 1.29 is 38.9 Å². The van der Waals surface area contributed by atoms with E-state index in [0.29, 0.717) is 5.56 Å². The Morgan fingerprint density at radius 3 is 1.97 bits per heavy atom. The molecule has 0 spiro atoms. The molecule has 0 aromatic heterocycles. The molecule has 0 radical (unpaired) electrons. The summed E-state index contributed by atoms with van der Waals surface area (Å²) in [6.45, 7) is 4.72. The maximum atomic E-state index is 14.0. The molecule has 1 aliphatic rings. The molecule has 0 bridgehead atoms. The predicted molar refractivity (Wildman–Crippen MR) is 114 cm³/mol. The van der Waals surface area contributed by atoms with Gasteiger partial charge in [-0.05, 0) is 0 Å². The van der Waals surface area contributed by atoms with Crippen LogP contribution < -0.4 is 0 Å². The molecule has 3 rings (SSSR count). The zero-order chi connectivity index (χ0) is 23.9. The Bertz CT molecular complexity index is 1010. The van der Waals surface area contributed by atoms with Gasteiger partial charge < -0.3 is 0 Å². The third kappa shape index (κ3) is 4.26. The number of halogens is 7. The molecule has 0 atom stereocenters. The van der Waals surface area contributed by atoms with Crippen LogP contribution in [0.1, 0.15) is 31.9 Å². The molecule has 0 fully saturated rings. The number of hydrogen-bond acceptors (Lipinski definition) is 3. The fourth-order valence-corrected chi connectivity index (χ4v) is 8.29. The molecule has 0 N–H and O–H groups in total. The average Bonchev–Trinajstić information content (AvgIpc) is 3.05. The number of rotatable bonds is 3. The summed E-state index contributed by atoms with van der Waals surface area (Å²) in [6, 6.07) is 12.3. The summed E-state index contributed by atoms with van der Waals surface area (Å²) in [6.07, 6.45) is -10.6. The van der Waals surface area contributed by atoms with E-state index < -0.39 is 55.1 Å². The van der Waals surface area contributed by atoms with Crippen LogP contribution in [-0.2, 0) is 18.2 Å². The van der Waals surface area contributed by atoms with Gasteiger partial charge in [-0.2, -0.15) is 0 Å². The van der Waals surface area contributed by atoms with Crippen LogP contribution >= 0.6 is 20.2 Å². The first-order valence-corrected chi connectivity index (χ1v) is 12.3. The first kappa shape index (κ1) is 24.6. The van der Waals surface area contributed by atoms with Crippen LogP contribution in [0, 0.1) is 8.99 Å². The summed E-state index contributed by atoms with van der Waals surface area (Å²) in [5, 5.41) is 0. The van der Waals surface area contributed by atoms with E-state index in [1.54, 1.807) is 39.0 Å². The van der Waals surface area contributed by atoms with E-state index in [1.165, 1.54) is 24.3 Å². The van der Waals surface area contributed by atoms with Crippen molar-refractivity contribution in [1.29, 1.82) is 0 Å². The summed E-state index contributed by atoms with van der Waals surface area (Å²) < 4.78 is 93.9. The van der Waals surface area contributed by atoms with Crippen molar-refractivity contribution in [3.63, 3.8) is 0 Å². The minimum absolute atomic E-state index is 0.00947. The summed E-state index contributed by atoms with van der Waals surface area (Å²) >= 11 is -3.85. The number of carbonyl (C=O) groups is 1. The van der Waals surface area contributed by atoms with Crippen LogP contribution in [0.2, 0.25) is 0 Å². The Hall–Kier alpha value is -2.08. The van der Waals surface area contributed by atoms with Gasteiger partial charge in [0, 0.05) is 0 Å². The van der Waals surface area contributed by atoms with E-state index in [0.717, 1.165) is 18.4 Å². The van der Waals surface area contributed by atoms with Gasteiger partial charge in [0.1, 0.15) is 0 Å². The number of alkyl halides is 6. The molecule has 2 aromatic carbocycles. The van der Waals surface area contributed by atoms with Crippen molar-refractivity contribution >= 4 is 29.8 Å². The van der Waals surface area contributed by atoms with Crippen molar-refractivity contribution in [2.75, 3.05) is 0 Å². The van der Waals surface area contributed by atoms with Gasteiger partial charge >= 0.3 is 188 Å². The molecule has 0 unspecified atom stereocenters. The number of ether oxygens (including phenoxy) is 1. The molecule has 0 amide bonds. The van der Waals surface area contributed by atoms with Crippen molar-refractivity contribution in [3.8, 4) is 0 Å². The Labute approximate surface area is 188 Å². The average molecular weight is 572 g/mol. The monoisotopic (exact) mass is 572 g/mol. The molecule has 1 aliphatic heterocycles. The van der Waals surface area contributed by atoms with Crippen molar-refractivity contribution in [2.45, 2.75) is 38.7 Å². The predicted octanol–water partition coefficient (Wildman–Crippen LogP) is 7.22. The van der Waals surface area contributed by atoms with E-state index in [4.69, 9.17) is 7.80 Å². The van der Waals surface area contributed by atoms with E-state index in [1.807, 2.05) is 0 Å². The van der Waals surface area contributed by atoms with Crippen molar-refractivity contribution in [2.24, 2.45) is 5.41 Å². The van der Waals surface area contributed by atoms with Crippen LogP contribution in [0.3, 0.4) is 0 Å². The molecular weight excluding hydrogens is 553 g/mol. The summed E-state index contributed by atoms with van der Waals surface area (Å²) in [7, 11) is 0. The molecule has 0 aliphatic carbocycles. The van der Waals surface area contributed by atoms with Crippen molar-refractivity contribution in [3.05, 3.63) is 75.6 Å². The Morgan fingerprint density at radius 2 is 1.44 bits per heavy atom. The van der Waals surface area contributed by atoms with Crippen LogP contribution in [0.4, 0.5) is 26.3 Å². The molecule has 174 valence electrons. The summed E-state index contributed by atoms with van der Waals surface area (Å²) in [5.41, 5.74) is -6.05. The number of benzene rings is 2. The summed E-state index contributed by atoms with van der Waals surface area (Å²) in [5.74, 6) is -0.688. The van der Waals surface area contributed by atoms with Crippen LogP contribution in [0.25, 0.3) is 3.58 Å². The first-order valence-electron chi connectivity index (χ1n) is 9.29. The maximum absolute atomic E-state index is 14.0. The van der Waals surface area contributed by atoms with E-state index in [-0.39, 0.29) is 7.15 Å². The van der Waals surface area contributed by atoms with Gasteiger partial charge in [-0.25, -0.2) is 0 Å². The Balaban J connectivity index is 2.22. The fraction of sp³-hybridized carbons (Fsp3) is 0.318. The molecule has 0 saturated carbocycles. The second-order valence-corrected chi connectivity index (χ2v) is 12.2. The number of carbonyl (C=O) groups excluding carboxylic acids is 1. The molecule has 10 heteroatoms. The standard InChI is InChI=1S/C22H19F6IO3/c1-19(2,3)18(30)31-13-17(14-9-5-4-6-10-14)29-16-12-8-7-11-15(16)20(32-29,21(23,24)25)22(26,27)28/h4-13H,1-3H3/b17-13+. The number of fused-ring (bicyclic) bond motifs is 1. The first-order chi connectivity index (χ1) is 14.7. The SMILES string of the molecule is CC(C)(C)C(=O)O/C=C(\c1ccccc1)I1OC(C(F)(F)F)(C(F)(F)F)c2ccccc21. The van der Waals surface area contributed by atoms with Gasteiger partial charge in [-0.3, -0.25) is 0 Å². The fourth-order valence-electron chi connectivity index (χ4n) is 2.89.